The molecule has 2 fully saturated rings. The van der Waals surface area contributed by atoms with E-state index in [1.807, 2.05) is 0 Å². The fraction of sp³-hybridized carbons (Fsp3) is 0.650. The van der Waals surface area contributed by atoms with Gasteiger partial charge in [-0.05, 0) is 6.92 Å². The highest BCUT2D eigenvalue weighted by atomic mass is 16.8. The third kappa shape index (κ3) is 4.91. The van der Waals surface area contributed by atoms with Gasteiger partial charge < -0.3 is 59.4 Å². The van der Waals surface area contributed by atoms with Crippen LogP contribution >= 0.6 is 0 Å². The SMILES string of the molecule is COc1cc(O[C@@H]2O[C@H](CO)[C@@H](O)[C@H](O)[C@H]2O[C@@H]2OC[C@](O)(CO)[C@H]2O)cc(O)c1C(C)=O. The predicted molar refractivity (Wildman–Crippen MR) is 106 cm³/mol. The second-order valence-electron chi connectivity index (χ2n) is 7.89. The second-order valence-corrected chi connectivity index (χ2v) is 7.89. The van der Waals surface area contributed by atoms with E-state index in [0.29, 0.717) is 0 Å². The Morgan fingerprint density at radius 3 is 2.42 bits per heavy atom. The normalized spacial score (nSPS) is 36.5. The maximum atomic E-state index is 11.8. The molecule has 0 aromatic heterocycles. The molecule has 2 heterocycles. The van der Waals surface area contributed by atoms with Crippen LogP contribution < -0.4 is 9.47 Å². The second kappa shape index (κ2) is 10.0. The van der Waals surface area contributed by atoms with Gasteiger partial charge in [-0.25, -0.2) is 0 Å². The lowest BCUT2D eigenvalue weighted by atomic mass is 9.98. The molecule has 1 aromatic carbocycles. The van der Waals surface area contributed by atoms with E-state index in [0.717, 1.165) is 6.07 Å². The zero-order valence-corrected chi connectivity index (χ0v) is 17.9. The summed E-state index contributed by atoms with van der Waals surface area (Å²) in [7, 11) is 1.27. The first-order chi connectivity index (χ1) is 15.6. The average molecular weight is 476 g/mol. The summed E-state index contributed by atoms with van der Waals surface area (Å²) < 4.78 is 27.0. The van der Waals surface area contributed by atoms with Crippen LogP contribution in [-0.2, 0) is 14.2 Å². The number of aromatic hydroxyl groups is 1. The van der Waals surface area contributed by atoms with Crippen molar-refractivity contribution in [3.63, 3.8) is 0 Å². The fourth-order valence-corrected chi connectivity index (χ4v) is 3.65. The molecule has 0 saturated carbocycles. The third-order valence-corrected chi connectivity index (χ3v) is 5.57. The minimum Gasteiger partial charge on any atom is -0.507 e. The summed E-state index contributed by atoms with van der Waals surface area (Å²) in [5, 5.41) is 70.2. The van der Waals surface area contributed by atoms with Crippen molar-refractivity contribution in [3.8, 4) is 17.2 Å². The molecule has 186 valence electrons. The van der Waals surface area contributed by atoms with Gasteiger partial charge in [0, 0.05) is 12.1 Å². The molecule has 13 heteroatoms. The zero-order chi connectivity index (χ0) is 24.5. The number of aliphatic hydroxyl groups is 6. The lowest BCUT2D eigenvalue weighted by Crippen LogP contribution is -2.62. The molecule has 2 aliphatic rings. The molecule has 13 nitrogen and oxygen atoms in total. The number of aliphatic hydroxyl groups excluding tert-OH is 5. The van der Waals surface area contributed by atoms with Crippen molar-refractivity contribution in [2.24, 2.45) is 0 Å². The lowest BCUT2D eigenvalue weighted by molar-refractivity contribution is -0.318. The average Bonchev–Trinajstić information content (AvgIpc) is 3.06. The van der Waals surface area contributed by atoms with E-state index in [9.17, 15) is 40.5 Å². The Balaban J connectivity index is 1.88. The molecule has 7 N–H and O–H groups in total. The number of Topliss-reactive ketones (excluding diaryl/α,β-unsaturated/α-hetero) is 1. The van der Waals surface area contributed by atoms with Gasteiger partial charge in [-0.2, -0.15) is 0 Å². The van der Waals surface area contributed by atoms with Crippen molar-refractivity contribution in [3.05, 3.63) is 17.7 Å². The van der Waals surface area contributed by atoms with E-state index in [4.69, 9.17) is 23.7 Å². The van der Waals surface area contributed by atoms with Gasteiger partial charge in [0.05, 0.1) is 26.9 Å². The Kier molecular flexibility index (Phi) is 7.78. The van der Waals surface area contributed by atoms with E-state index in [1.165, 1.54) is 20.1 Å². The van der Waals surface area contributed by atoms with Crippen LogP contribution in [0.1, 0.15) is 17.3 Å². The van der Waals surface area contributed by atoms with Crippen LogP contribution in [0.2, 0.25) is 0 Å². The summed E-state index contributed by atoms with van der Waals surface area (Å²) in [6, 6.07) is 2.37. The van der Waals surface area contributed by atoms with Crippen LogP contribution in [0.3, 0.4) is 0 Å². The van der Waals surface area contributed by atoms with E-state index >= 15 is 0 Å². The Labute approximate surface area is 188 Å². The Morgan fingerprint density at radius 2 is 1.88 bits per heavy atom. The van der Waals surface area contributed by atoms with Gasteiger partial charge in [0.1, 0.15) is 52.8 Å². The molecule has 2 aliphatic heterocycles. The van der Waals surface area contributed by atoms with E-state index < -0.39 is 80.1 Å². The molecule has 0 unspecified atom stereocenters. The maximum Gasteiger partial charge on any atom is 0.229 e. The van der Waals surface area contributed by atoms with Crippen LogP contribution in [0.5, 0.6) is 17.2 Å². The van der Waals surface area contributed by atoms with Crippen molar-refractivity contribution in [2.45, 2.75) is 55.6 Å². The highest BCUT2D eigenvalue weighted by molar-refractivity contribution is 5.99. The fourth-order valence-electron chi connectivity index (χ4n) is 3.65. The van der Waals surface area contributed by atoms with Crippen LogP contribution in [0.15, 0.2) is 12.1 Å². The molecule has 0 aliphatic carbocycles. The molecule has 0 spiro atoms. The Morgan fingerprint density at radius 1 is 1.18 bits per heavy atom. The summed E-state index contributed by atoms with van der Waals surface area (Å²) in [4.78, 5) is 11.8. The molecule has 1 aromatic rings. The number of benzene rings is 1. The first-order valence-corrected chi connectivity index (χ1v) is 10.1. The number of ether oxygens (including phenoxy) is 5. The van der Waals surface area contributed by atoms with Gasteiger partial charge >= 0.3 is 0 Å². The number of carbonyl (C=O) groups excluding carboxylic acids is 1. The number of hydrogen-bond acceptors (Lipinski definition) is 13. The zero-order valence-electron chi connectivity index (χ0n) is 17.9. The summed E-state index contributed by atoms with van der Waals surface area (Å²) in [5.41, 5.74) is -2.09. The first kappa shape index (κ1) is 25.6. The number of hydrogen-bond donors (Lipinski definition) is 7. The van der Waals surface area contributed by atoms with Crippen molar-refractivity contribution in [2.75, 3.05) is 26.9 Å². The number of methoxy groups -OCH3 is 1. The minimum atomic E-state index is -2.00. The largest absolute Gasteiger partial charge is 0.507 e. The van der Waals surface area contributed by atoms with E-state index in [2.05, 4.69) is 0 Å². The van der Waals surface area contributed by atoms with Gasteiger partial charge in [0.25, 0.3) is 0 Å². The van der Waals surface area contributed by atoms with Crippen LogP contribution in [-0.4, -0.2) is 117 Å². The molecule has 33 heavy (non-hydrogen) atoms. The highest BCUT2D eigenvalue weighted by Crippen LogP contribution is 2.36. The summed E-state index contributed by atoms with van der Waals surface area (Å²) in [6.07, 6.45) is -10.9. The van der Waals surface area contributed by atoms with Crippen LogP contribution in [0.4, 0.5) is 0 Å². The van der Waals surface area contributed by atoms with Gasteiger partial charge in [-0.1, -0.05) is 0 Å². The Hall–Kier alpha value is -2.07. The monoisotopic (exact) mass is 476 g/mol. The van der Waals surface area contributed by atoms with Gasteiger partial charge in [0.15, 0.2) is 18.2 Å². The quantitative estimate of drug-likeness (QED) is 0.190. The molecular formula is C20H28O13. The first-order valence-electron chi connectivity index (χ1n) is 10.1. The summed E-state index contributed by atoms with van der Waals surface area (Å²) in [5.74, 6) is -0.999. The molecule has 0 amide bonds. The van der Waals surface area contributed by atoms with Crippen molar-refractivity contribution < 1.29 is 64.2 Å². The summed E-state index contributed by atoms with van der Waals surface area (Å²) in [6.45, 7) is -0.746. The highest BCUT2D eigenvalue weighted by Gasteiger charge is 2.53. The number of phenols is 1. The molecule has 0 bridgehead atoms. The van der Waals surface area contributed by atoms with Gasteiger partial charge in [0.2, 0.25) is 6.29 Å². The lowest BCUT2D eigenvalue weighted by Gasteiger charge is -2.42. The van der Waals surface area contributed by atoms with Gasteiger partial charge in [-0.3, -0.25) is 4.79 Å². The number of ketones is 1. The molecular weight excluding hydrogens is 448 g/mol. The van der Waals surface area contributed by atoms with Crippen LogP contribution in [0, 0.1) is 0 Å². The van der Waals surface area contributed by atoms with Crippen molar-refractivity contribution in [1.29, 1.82) is 0 Å². The van der Waals surface area contributed by atoms with E-state index in [1.54, 1.807) is 0 Å². The number of carbonyl (C=O) groups is 1. The number of phenolic OH excluding ortho intramolecular Hbond substituents is 1. The molecule has 8 atom stereocenters. The topological polar surface area (TPSA) is 205 Å². The van der Waals surface area contributed by atoms with Crippen molar-refractivity contribution in [1.82, 2.24) is 0 Å². The maximum absolute atomic E-state index is 11.8. The third-order valence-electron chi connectivity index (χ3n) is 5.57. The summed E-state index contributed by atoms with van der Waals surface area (Å²) >= 11 is 0. The molecule has 3 rings (SSSR count). The standard InChI is InChI=1S/C20H28O13/c1-8(23)13-10(24)3-9(4-11(13)29-2)31-18-16(15(26)14(25)12(5-21)32-18)33-19-17(27)20(28,6-22)7-30-19/h3-4,12,14-19,21-22,24-28H,5-7H2,1-2H3/t12-,14-,15+,16-,17+,18-,19+,20-/m1/s1. The van der Waals surface area contributed by atoms with E-state index in [-0.39, 0.29) is 17.1 Å². The predicted octanol–water partition coefficient (Wildman–Crippen LogP) is -2.75. The molecule has 2 saturated heterocycles. The van der Waals surface area contributed by atoms with Crippen LogP contribution in [0.25, 0.3) is 0 Å². The van der Waals surface area contributed by atoms with Gasteiger partial charge in [-0.15, -0.1) is 0 Å². The molecule has 0 radical (unpaired) electrons. The Bertz CT molecular complexity index is 847. The van der Waals surface area contributed by atoms with Crippen molar-refractivity contribution >= 4 is 5.78 Å². The smallest absolute Gasteiger partial charge is 0.229 e. The minimum absolute atomic E-state index is 0.00683. The number of rotatable bonds is 8.